The van der Waals surface area contributed by atoms with Crippen LogP contribution in [0.15, 0.2) is 54.6 Å². The van der Waals surface area contributed by atoms with E-state index in [1.807, 2.05) is 0 Å². The molecule has 0 fully saturated rings. The Bertz CT molecular complexity index is 892. The summed E-state index contributed by atoms with van der Waals surface area (Å²) in [5.74, 6) is -2.93. The van der Waals surface area contributed by atoms with Crippen molar-refractivity contribution >= 4 is 23.7 Å². The standard InChI is InChI=1S/C20H18N2O6/c1-28-20(27)16(12-7-3-2-4-8-12)21-17(24)15(11-23)22-18(25)13-9-5-6-10-14(13)19(22)26/h2-10,15-16,23H,11H2,1H3,(H,21,24)/t15-,16-/m1/s1. The highest BCUT2D eigenvalue weighted by Gasteiger charge is 2.43. The van der Waals surface area contributed by atoms with Crippen molar-refractivity contribution in [1.29, 1.82) is 0 Å². The average Bonchev–Trinajstić information content (AvgIpc) is 2.98. The molecule has 3 amide bonds. The molecule has 0 saturated carbocycles. The summed E-state index contributed by atoms with van der Waals surface area (Å²) >= 11 is 0. The van der Waals surface area contributed by atoms with Crippen LogP contribution in [0, 0.1) is 0 Å². The second-order valence-electron chi connectivity index (χ2n) is 6.10. The van der Waals surface area contributed by atoms with Gasteiger partial charge in [0.05, 0.1) is 24.8 Å². The predicted molar refractivity (Wildman–Crippen MR) is 97.2 cm³/mol. The Morgan fingerprint density at radius 3 is 2.04 bits per heavy atom. The van der Waals surface area contributed by atoms with Gasteiger partial charge in [0.1, 0.15) is 6.04 Å². The van der Waals surface area contributed by atoms with Crippen molar-refractivity contribution in [3.05, 3.63) is 71.3 Å². The molecule has 0 saturated heterocycles. The van der Waals surface area contributed by atoms with E-state index in [1.54, 1.807) is 42.5 Å². The van der Waals surface area contributed by atoms with Crippen molar-refractivity contribution in [2.45, 2.75) is 12.1 Å². The number of aliphatic hydroxyl groups excluding tert-OH is 1. The van der Waals surface area contributed by atoms with Gasteiger partial charge in [-0.1, -0.05) is 42.5 Å². The monoisotopic (exact) mass is 382 g/mol. The van der Waals surface area contributed by atoms with Crippen LogP contribution in [0.2, 0.25) is 0 Å². The maximum absolute atomic E-state index is 12.8. The summed E-state index contributed by atoms with van der Waals surface area (Å²) in [7, 11) is 1.18. The summed E-state index contributed by atoms with van der Waals surface area (Å²) in [6.45, 7) is -0.792. The molecule has 2 N–H and O–H groups in total. The van der Waals surface area contributed by atoms with Gasteiger partial charge < -0.3 is 15.2 Å². The average molecular weight is 382 g/mol. The molecule has 2 aromatic rings. The fourth-order valence-corrected chi connectivity index (χ4v) is 3.05. The van der Waals surface area contributed by atoms with E-state index in [9.17, 15) is 24.3 Å². The van der Waals surface area contributed by atoms with Gasteiger partial charge in [-0.05, 0) is 17.7 Å². The Morgan fingerprint density at radius 2 is 1.54 bits per heavy atom. The van der Waals surface area contributed by atoms with Crippen molar-refractivity contribution in [2.24, 2.45) is 0 Å². The highest BCUT2D eigenvalue weighted by molar-refractivity contribution is 6.22. The van der Waals surface area contributed by atoms with Gasteiger partial charge in [-0.25, -0.2) is 4.79 Å². The summed E-state index contributed by atoms with van der Waals surface area (Å²) in [6.07, 6.45) is 0. The number of hydrogen-bond acceptors (Lipinski definition) is 6. The van der Waals surface area contributed by atoms with Crippen molar-refractivity contribution in [2.75, 3.05) is 13.7 Å². The molecule has 1 heterocycles. The molecular formula is C20H18N2O6. The van der Waals surface area contributed by atoms with E-state index in [-0.39, 0.29) is 11.1 Å². The Hall–Kier alpha value is -3.52. The SMILES string of the molecule is COC(=O)[C@H](NC(=O)[C@@H](CO)N1C(=O)c2ccccc2C1=O)c1ccccc1. The van der Waals surface area contributed by atoms with E-state index >= 15 is 0 Å². The molecule has 8 nitrogen and oxygen atoms in total. The fourth-order valence-electron chi connectivity index (χ4n) is 3.05. The van der Waals surface area contributed by atoms with Crippen LogP contribution in [0.5, 0.6) is 0 Å². The van der Waals surface area contributed by atoms with Gasteiger partial charge in [0.25, 0.3) is 11.8 Å². The van der Waals surface area contributed by atoms with E-state index in [4.69, 9.17) is 4.74 Å². The van der Waals surface area contributed by atoms with Crippen LogP contribution in [0.3, 0.4) is 0 Å². The number of ether oxygens (including phenoxy) is 1. The Labute approximate surface area is 160 Å². The molecule has 0 aliphatic carbocycles. The summed E-state index contributed by atoms with van der Waals surface area (Å²) < 4.78 is 4.74. The lowest BCUT2D eigenvalue weighted by Crippen LogP contribution is -2.53. The highest BCUT2D eigenvalue weighted by Crippen LogP contribution is 2.25. The molecule has 0 radical (unpaired) electrons. The number of amides is 3. The van der Waals surface area contributed by atoms with Gasteiger partial charge in [0.15, 0.2) is 6.04 Å². The zero-order valence-electron chi connectivity index (χ0n) is 15.0. The quantitative estimate of drug-likeness (QED) is 0.561. The predicted octanol–water partition coefficient (Wildman–Crippen LogP) is 0.674. The van der Waals surface area contributed by atoms with Crippen molar-refractivity contribution < 1.29 is 29.0 Å². The zero-order valence-corrected chi connectivity index (χ0v) is 15.0. The summed E-state index contributed by atoms with van der Waals surface area (Å²) in [6, 6.07) is 11.9. The van der Waals surface area contributed by atoms with Gasteiger partial charge in [0.2, 0.25) is 5.91 Å². The van der Waals surface area contributed by atoms with Gasteiger partial charge >= 0.3 is 5.97 Å². The van der Waals surface area contributed by atoms with Crippen LogP contribution >= 0.6 is 0 Å². The number of imide groups is 1. The molecule has 0 spiro atoms. The van der Waals surface area contributed by atoms with Gasteiger partial charge in [0, 0.05) is 0 Å². The van der Waals surface area contributed by atoms with Crippen LogP contribution in [0.1, 0.15) is 32.3 Å². The first-order chi connectivity index (χ1) is 13.5. The maximum Gasteiger partial charge on any atom is 0.333 e. The van der Waals surface area contributed by atoms with E-state index < -0.39 is 42.4 Å². The number of esters is 1. The number of carbonyl (C=O) groups is 4. The molecule has 0 bridgehead atoms. The normalized spacial score (nSPS) is 15.0. The molecule has 28 heavy (non-hydrogen) atoms. The first kappa shape index (κ1) is 19.2. The number of methoxy groups -OCH3 is 1. The molecule has 1 aliphatic rings. The Kier molecular flexibility index (Phi) is 5.51. The number of carbonyl (C=O) groups excluding carboxylic acids is 4. The zero-order chi connectivity index (χ0) is 20.3. The van der Waals surface area contributed by atoms with Crippen LogP contribution in [-0.4, -0.2) is 53.5 Å². The molecule has 2 atom stereocenters. The van der Waals surface area contributed by atoms with Crippen LogP contribution in [-0.2, 0) is 14.3 Å². The van der Waals surface area contributed by atoms with Crippen molar-refractivity contribution in [1.82, 2.24) is 10.2 Å². The molecule has 0 unspecified atom stereocenters. The second-order valence-corrected chi connectivity index (χ2v) is 6.10. The van der Waals surface area contributed by atoms with Gasteiger partial charge in [-0.15, -0.1) is 0 Å². The lowest BCUT2D eigenvalue weighted by atomic mass is 10.1. The van der Waals surface area contributed by atoms with Crippen LogP contribution < -0.4 is 5.32 Å². The molecule has 2 aromatic carbocycles. The number of nitrogens with zero attached hydrogens (tertiary/aromatic N) is 1. The number of nitrogens with one attached hydrogen (secondary N) is 1. The first-order valence-corrected chi connectivity index (χ1v) is 8.50. The second kappa shape index (κ2) is 8.01. The van der Waals surface area contributed by atoms with Gasteiger partial charge in [-0.3, -0.25) is 19.3 Å². The summed E-state index contributed by atoms with van der Waals surface area (Å²) in [4.78, 5) is 50.8. The first-order valence-electron chi connectivity index (χ1n) is 8.50. The van der Waals surface area contributed by atoms with E-state index in [1.165, 1.54) is 19.2 Å². The molecule has 1 aliphatic heterocycles. The third-order valence-electron chi connectivity index (χ3n) is 4.47. The molecule has 8 heteroatoms. The smallest absolute Gasteiger partial charge is 0.333 e. The minimum absolute atomic E-state index is 0.159. The minimum atomic E-state index is -1.48. The largest absolute Gasteiger partial charge is 0.467 e. The molecule has 144 valence electrons. The van der Waals surface area contributed by atoms with Crippen LogP contribution in [0.4, 0.5) is 0 Å². The summed E-state index contributed by atoms with van der Waals surface area (Å²) in [5.41, 5.74) is 0.777. The lowest BCUT2D eigenvalue weighted by Gasteiger charge is -2.25. The van der Waals surface area contributed by atoms with Gasteiger partial charge in [-0.2, -0.15) is 0 Å². The molecular weight excluding hydrogens is 364 g/mol. The van der Waals surface area contributed by atoms with Crippen LogP contribution in [0.25, 0.3) is 0 Å². The number of fused-ring (bicyclic) bond motifs is 1. The lowest BCUT2D eigenvalue weighted by molar-refractivity contribution is -0.146. The van der Waals surface area contributed by atoms with Crippen molar-refractivity contribution in [3.63, 3.8) is 0 Å². The van der Waals surface area contributed by atoms with E-state index in [0.717, 1.165) is 0 Å². The maximum atomic E-state index is 12.8. The van der Waals surface area contributed by atoms with Crippen molar-refractivity contribution in [3.8, 4) is 0 Å². The molecule has 0 aromatic heterocycles. The highest BCUT2D eigenvalue weighted by atomic mass is 16.5. The third kappa shape index (κ3) is 3.37. The minimum Gasteiger partial charge on any atom is -0.467 e. The van der Waals surface area contributed by atoms with E-state index in [0.29, 0.717) is 10.5 Å². The van der Waals surface area contributed by atoms with E-state index in [2.05, 4.69) is 5.32 Å². The topological polar surface area (TPSA) is 113 Å². The Morgan fingerprint density at radius 1 is 1.00 bits per heavy atom. The number of benzene rings is 2. The molecule has 3 rings (SSSR count). The number of aliphatic hydroxyl groups is 1. The fraction of sp³-hybridized carbons (Fsp3) is 0.200. The number of rotatable bonds is 6. The Balaban J connectivity index is 1.87. The third-order valence-corrected chi connectivity index (χ3v) is 4.47. The summed E-state index contributed by atoms with van der Waals surface area (Å²) in [5, 5.41) is 12.2. The number of hydrogen-bond donors (Lipinski definition) is 2.